The van der Waals surface area contributed by atoms with E-state index in [-0.39, 0.29) is 12.0 Å². The molecular formula is C17H22N4O4S. The molecule has 2 aromatic heterocycles. The average Bonchev–Trinajstić information content (AvgIpc) is 2.60. The van der Waals surface area contributed by atoms with Gasteiger partial charge >= 0.3 is 11.7 Å². The lowest BCUT2D eigenvalue weighted by Gasteiger charge is -2.19. The summed E-state index contributed by atoms with van der Waals surface area (Å²) in [6, 6.07) is 3.36. The molecule has 9 heteroatoms. The smallest absolute Gasteiger partial charge is 0.330 e. The molecule has 0 saturated carbocycles. The number of carbonyl (C=O) groups is 1. The summed E-state index contributed by atoms with van der Waals surface area (Å²) >= 11 is 4.45. The number of aromatic nitrogens is 3. The quantitative estimate of drug-likeness (QED) is 0.594. The van der Waals surface area contributed by atoms with E-state index in [9.17, 15) is 19.5 Å². The zero-order chi connectivity index (χ0) is 19.4. The molecule has 26 heavy (non-hydrogen) atoms. The number of hydrogen-bond donors (Lipinski definition) is 3. The van der Waals surface area contributed by atoms with Crippen molar-refractivity contribution in [3.63, 3.8) is 0 Å². The molecule has 0 aromatic carbocycles. The van der Waals surface area contributed by atoms with Crippen molar-refractivity contribution < 1.29 is 9.90 Å². The third-order valence-corrected chi connectivity index (χ3v) is 4.93. The Morgan fingerprint density at radius 1 is 1.35 bits per heavy atom. The summed E-state index contributed by atoms with van der Waals surface area (Å²) in [7, 11) is 2.98. The molecule has 0 amide bonds. The summed E-state index contributed by atoms with van der Waals surface area (Å²) in [4.78, 5) is 39.5. The number of aliphatic carboxylic acids is 1. The number of rotatable bonds is 7. The maximum absolute atomic E-state index is 12.2. The Bertz CT molecular complexity index is 904. The molecule has 0 fully saturated rings. The highest BCUT2D eigenvalue weighted by Crippen LogP contribution is 2.21. The van der Waals surface area contributed by atoms with Crippen LogP contribution in [0.3, 0.4) is 0 Å². The van der Waals surface area contributed by atoms with Gasteiger partial charge in [0.05, 0.1) is 5.92 Å². The van der Waals surface area contributed by atoms with Crippen LogP contribution < -0.4 is 17.0 Å². The van der Waals surface area contributed by atoms with Gasteiger partial charge in [0.2, 0.25) is 0 Å². The predicted octanol–water partition coefficient (Wildman–Crippen LogP) is 0.236. The van der Waals surface area contributed by atoms with Crippen molar-refractivity contribution in [1.82, 2.24) is 14.1 Å². The number of thiol groups is 1. The molecule has 2 unspecified atom stereocenters. The second-order valence-corrected chi connectivity index (χ2v) is 6.92. The molecule has 2 rings (SSSR count). The molecule has 0 aliphatic rings. The summed E-state index contributed by atoms with van der Waals surface area (Å²) < 4.78 is 2.37. The first-order chi connectivity index (χ1) is 12.2. The number of carboxylic acid groups (broad SMARTS) is 1. The highest BCUT2D eigenvalue weighted by molar-refractivity contribution is 7.81. The number of nitrogens with two attached hydrogens (primary N) is 1. The van der Waals surface area contributed by atoms with Crippen LogP contribution in [0.4, 0.5) is 5.82 Å². The Kier molecular flexibility index (Phi) is 6.25. The lowest BCUT2D eigenvalue weighted by molar-refractivity contribution is -0.141. The van der Waals surface area contributed by atoms with Crippen molar-refractivity contribution in [1.29, 1.82) is 0 Å². The third-order valence-electron chi connectivity index (χ3n) is 4.31. The van der Waals surface area contributed by atoms with Crippen LogP contribution in [0, 0.1) is 5.92 Å². The molecular weight excluding hydrogens is 356 g/mol. The molecule has 8 nitrogen and oxygen atoms in total. The van der Waals surface area contributed by atoms with E-state index in [4.69, 9.17) is 5.73 Å². The van der Waals surface area contributed by atoms with Crippen molar-refractivity contribution in [2.45, 2.75) is 24.5 Å². The van der Waals surface area contributed by atoms with E-state index in [0.717, 1.165) is 10.1 Å². The van der Waals surface area contributed by atoms with Crippen LogP contribution in [0.25, 0.3) is 0 Å². The molecule has 2 aromatic rings. The van der Waals surface area contributed by atoms with E-state index in [1.54, 1.807) is 25.4 Å². The van der Waals surface area contributed by atoms with E-state index in [1.807, 2.05) is 0 Å². The normalized spacial score (nSPS) is 13.3. The van der Waals surface area contributed by atoms with E-state index in [2.05, 4.69) is 17.6 Å². The highest BCUT2D eigenvalue weighted by Gasteiger charge is 2.26. The molecule has 0 aliphatic heterocycles. The molecule has 140 valence electrons. The Balaban J connectivity index is 2.12. The fraction of sp³-hybridized carbons (Fsp3) is 0.412. The first-order valence-electron chi connectivity index (χ1n) is 8.07. The molecule has 0 spiro atoms. The number of nitrogens with zero attached hydrogens (tertiary/aromatic N) is 3. The number of pyridine rings is 1. The van der Waals surface area contributed by atoms with Gasteiger partial charge in [-0.2, -0.15) is 12.6 Å². The topological polar surface area (TPSA) is 120 Å². The van der Waals surface area contributed by atoms with Gasteiger partial charge in [-0.15, -0.1) is 0 Å². The minimum Gasteiger partial charge on any atom is -0.481 e. The fourth-order valence-electron chi connectivity index (χ4n) is 2.76. The van der Waals surface area contributed by atoms with Gasteiger partial charge in [0, 0.05) is 37.3 Å². The summed E-state index contributed by atoms with van der Waals surface area (Å²) in [6.45, 7) is 0. The van der Waals surface area contributed by atoms with Gasteiger partial charge in [-0.05, 0) is 30.9 Å². The lowest BCUT2D eigenvalue weighted by atomic mass is 9.93. The number of carboxylic acids is 1. The second kappa shape index (κ2) is 8.22. The molecule has 0 aliphatic carbocycles. The van der Waals surface area contributed by atoms with Gasteiger partial charge in [-0.25, -0.2) is 9.78 Å². The number of nitrogen functional groups attached to an aromatic ring is 1. The van der Waals surface area contributed by atoms with Crippen molar-refractivity contribution >= 4 is 24.4 Å². The van der Waals surface area contributed by atoms with Gasteiger partial charge < -0.3 is 15.4 Å². The molecule has 2 heterocycles. The average molecular weight is 378 g/mol. The summed E-state index contributed by atoms with van der Waals surface area (Å²) in [5, 5.41) is 9.06. The fourth-order valence-corrected chi connectivity index (χ4v) is 3.12. The van der Waals surface area contributed by atoms with Crippen LogP contribution in [0.15, 0.2) is 34.1 Å². The van der Waals surface area contributed by atoms with E-state index >= 15 is 0 Å². The van der Waals surface area contributed by atoms with Gasteiger partial charge in [0.1, 0.15) is 5.82 Å². The summed E-state index contributed by atoms with van der Waals surface area (Å²) in [6.07, 6.45) is 4.02. The zero-order valence-corrected chi connectivity index (χ0v) is 15.5. The van der Waals surface area contributed by atoms with E-state index < -0.39 is 22.8 Å². The molecule has 0 bridgehead atoms. The number of hydrogen-bond acceptors (Lipinski definition) is 6. The van der Waals surface area contributed by atoms with Crippen molar-refractivity contribution in [2.75, 3.05) is 5.73 Å². The Morgan fingerprint density at radius 3 is 2.62 bits per heavy atom. The Morgan fingerprint density at radius 2 is 2.04 bits per heavy atom. The van der Waals surface area contributed by atoms with Crippen LogP contribution in [0.1, 0.15) is 17.5 Å². The highest BCUT2D eigenvalue weighted by atomic mass is 32.1. The SMILES string of the molecule is Cn1cc(CCC(S)C(Cc2ccc(N)nc2)C(=O)O)c(=O)n(C)c1=O. The Hall–Kier alpha value is -2.55. The summed E-state index contributed by atoms with van der Waals surface area (Å²) in [5.74, 6) is -1.33. The second-order valence-electron chi connectivity index (χ2n) is 6.26. The largest absolute Gasteiger partial charge is 0.481 e. The van der Waals surface area contributed by atoms with E-state index in [1.165, 1.54) is 17.8 Å². The van der Waals surface area contributed by atoms with Gasteiger partial charge in [-0.3, -0.25) is 14.2 Å². The van der Waals surface area contributed by atoms with Crippen LogP contribution in [0.5, 0.6) is 0 Å². The number of aryl methyl sites for hydroxylation is 2. The van der Waals surface area contributed by atoms with Crippen molar-refractivity contribution in [3.8, 4) is 0 Å². The van der Waals surface area contributed by atoms with E-state index in [0.29, 0.717) is 24.2 Å². The van der Waals surface area contributed by atoms with Crippen LogP contribution in [-0.2, 0) is 31.7 Å². The minimum atomic E-state index is -0.963. The summed E-state index contributed by atoms with van der Waals surface area (Å²) in [5.41, 5.74) is 5.97. The molecule has 0 radical (unpaired) electrons. The first kappa shape index (κ1) is 19.8. The van der Waals surface area contributed by atoms with Crippen molar-refractivity contribution in [3.05, 3.63) is 56.5 Å². The van der Waals surface area contributed by atoms with Gasteiger partial charge in [0.15, 0.2) is 0 Å². The molecule has 3 N–H and O–H groups in total. The van der Waals surface area contributed by atoms with Crippen LogP contribution >= 0.6 is 12.6 Å². The van der Waals surface area contributed by atoms with Gasteiger partial charge in [-0.1, -0.05) is 6.07 Å². The van der Waals surface area contributed by atoms with Crippen LogP contribution in [-0.4, -0.2) is 30.4 Å². The first-order valence-corrected chi connectivity index (χ1v) is 8.59. The van der Waals surface area contributed by atoms with Crippen LogP contribution in [0.2, 0.25) is 0 Å². The third kappa shape index (κ3) is 4.54. The Labute approximate surface area is 155 Å². The lowest BCUT2D eigenvalue weighted by Crippen LogP contribution is -2.38. The number of anilines is 1. The standard InChI is InChI=1S/C17H22N4O4S/c1-20-9-11(15(22)21(2)17(20)25)4-5-13(26)12(16(23)24)7-10-3-6-14(18)19-8-10/h3,6,8-9,12-13,26H,4-5,7H2,1-2H3,(H2,18,19)(H,23,24). The minimum absolute atomic E-state index is 0.266. The molecule has 0 saturated heterocycles. The zero-order valence-electron chi connectivity index (χ0n) is 14.6. The molecule has 2 atom stereocenters. The maximum Gasteiger partial charge on any atom is 0.330 e. The van der Waals surface area contributed by atoms with Crippen molar-refractivity contribution in [2.24, 2.45) is 20.0 Å². The van der Waals surface area contributed by atoms with Gasteiger partial charge in [0.25, 0.3) is 5.56 Å². The predicted molar refractivity (Wildman–Crippen MR) is 101 cm³/mol. The maximum atomic E-state index is 12.2. The monoisotopic (exact) mass is 378 g/mol.